The molecule has 9 nitrogen and oxygen atoms in total. The summed E-state index contributed by atoms with van der Waals surface area (Å²) in [5, 5.41) is 0. The number of nitrogens with zero attached hydrogens (tertiary/aromatic N) is 3. The summed E-state index contributed by atoms with van der Waals surface area (Å²) in [7, 11) is -2.81. The van der Waals surface area contributed by atoms with Crippen molar-refractivity contribution in [1.29, 1.82) is 0 Å². The van der Waals surface area contributed by atoms with Crippen LogP contribution in [-0.4, -0.2) is 80.9 Å². The zero-order valence-corrected chi connectivity index (χ0v) is 20.0. The van der Waals surface area contributed by atoms with E-state index < -0.39 is 16.0 Å². The van der Waals surface area contributed by atoms with E-state index in [9.17, 15) is 22.4 Å². The minimum absolute atomic E-state index is 0.0402. The number of benzene rings is 1. The summed E-state index contributed by atoms with van der Waals surface area (Å²) in [6.07, 6.45) is 0. The molecule has 1 N–H and O–H groups in total. The van der Waals surface area contributed by atoms with Gasteiger partial charge in [-0.25, -0.2) is 17.6 Å². The number of carbonyl (C=O) groups is 2. The van der Waals surface area contributed by atoms with Crippen LogP contribution in [0.3, 0.4) is 0 Å². The van der Waals surface area contributed by atoms with E-state index in [2.05, 4.69) is 4.98 Å². The van der Waals surface area contributed by atoms with E-state index in [1.807, 2.05) is 4.90 Å². The molecule has 1 saturated heterocycles. The Labute approximate surface area is 193 Å². The topological polar surface area (TPSA) is 103 Å². The Morgan fingerprint density at radius 2 is 1.70 bits per heavy atom. The molecule has 0 spiro atoms. The van der Waals surface area contributed by atoms with Crippen molar-refractivity contribution in [2.45, 2.75) is 25.7 Å². The lowest BCUT2D eigenvalue weighted by Crippen LogP contribution is -2.51. The van der Waals surface area contributed by atoms with E-state index in [0.29, 0.717) is 37.6 Å². The Balaban J connectivity index is 1.69. The van der Waals surface area contributed by atoms with Crippen molar-refractivity contribution >= 4 is 27.6 Å². The zero-order valence-electron chi connectivity index (χ0n) is 19.2. The number of aryl methyl sites for hydroxylation is 2. The number of carbonyl (C=O) groups excluding carboxylic acids is 2. The fourth-order valence-electron chi connectivity index (χ4n) is 3.93. The maximum atomic E-state index is 13.3. The molecule has 0 radical (unpaired) electrons. The van der Waals surface area contributed by atoms with Gasteiger partial charge in [-0.2, -0.15) is 4.31 Å². The molecule has 3 rings (SSSR count). The van der Waals surface area contributed by atoms with Crippen LogP contribution in [0, 0.1) is 19.7 Å². The first-order valence-corrected chi connectivity index (χ1v) is 12.1. The lowest BCUT2D eigenvalue weighted by atomic mass is 10.2. The maximum absolute atomic E-state index is 13.3. The van der Waals surface area contributed by atoms with Crippen LogP contribution in [0.15, 0.2) is 29.2 Å². The van der Waals surface area contributed by atoms with Crippen molar-refractivity contribution in [3.8, 4) is 0 Å². The predicted octanol–water partition coefficient (Wildman–Crippen LogP) is 1.92. The molecule has 180 valence electrons. The van der Waals surface area contributed by atoms with Gasteiger partial charge in [0.15, 0.2) is 0 Å². The van der Waals surface area contributed by atoms with Crippen LogP contribution in [0.1, 0.15) is 28.7 Å². The number of nitrogens with one attached hydrogen (secondary N) is 1. The Kier molecular flexibility index (Phi) is 7.43. The summed E-state index contributed by atoms with van der Waals surface area (Å²) in [4.78, 5) is 31.6. The first-order valence-electron chi connectivity index (χ1n) is 10.7. The molecule has 33 heavy (non-hydrogen) atoms. The van der Waals surface area contributed by atoms with Gasteiger partial charge in [-0.15, -0.1) is 0 Å². The van der Waals surface area contributed by atoms with Crippen molar-refractivity contribution in [3.05, 3.63) is 47.0 Å². The third-order valence-electron chi connectivity index (χ3n) is 5.65. The second-order valence-corrected chi connectivity index (χ2v) is 9.89. The molecule has 0 bridgehead atoms. The van der Waals surface area contributed by atoms with Gasteiger partial charge in [-0.3, -0.25) is 4.79 Å². The average Bonchev–Trinajstić information content (AvgIpc) is 3.09. The van der Waals surface area contributed by atoms with E-state index in [1.165, 1.54) is 19.2 Å². The number of amides is 1. The molecule has 0 atom stereocenters. The van der Waals surface area contributed by atoms with Gasteiger partial charge in [0.2, 0.25) is 15.9 Å². The number of hydrogen-bond acceptors (Lipinski definition) is 6. The van der Waals surface area contributed by atoms with E-state index in [1.54, 1.807) is 37.8 Å². The number of halogens is 1. The van der Waals surface area contributed by atoms with Gasteiger partial charge in [0.05, 0.1) is 13.2 Å². The second kappa shape index (κ2) is 9.92. The highest BCUT2D eigenvalue weighted by Gasteiger charge is 2.34. The third kappa shape index (κ3) is 5.19. The summed E-state index contributed by atoms with van der Waals surface area (Å²) in [5.41, 5.74) is 1.53. The van der Waals surface area contributed by atoms with E-state index in [4.69, 9.17) is 4.74 Å². The lowest BCUT2D eigenvalue weighted by molar-refractivity contribution is -0.131. The average molecular weight is 481 g/mol. The molecular formula is C22H29FN4O5S. The van der Waals surface area contributed by atoms with Gasteiger partial charge in [-0.05, 0) is 45.0 Å². The van der Waals surface area contributed by atoms with Crippen molar-refractivity contribution in [2.75, 3.05) is 51.3 Å². The van der Waals surface area contributed by atoms with Crippen LogP contribution < -0.4 is 4.90 Å². The predicted molar refractivity (Wildman–Crippen MR) is 121 cm³/mol. The zero-order chi connectivity index (χ0) is 24.3. The molecule has 1 aliphatic rings. The van der Waals surface area contributed by atoms with Crippen LogP contribution in [0.2, 0.25) is 0 Å². The summed E-state index contributed by atoms with van der Waals surface area (Å²) in [6.45, 7) is 6.50. The molecule has 11 heteroatoms. The normalized spacial score (nSPS) is 14.6. The molecule has 2 aromatic rings. The molecule has 0 unspecified atom stereocenters. The number of ether oxygens (including phenoxy) is 1. The minimum Gasteiger partial charge on any atom is -0.462 e. The van der Waals surface area contributed by atoms with Gasteiger partial charge >= 0.3 is 5.97 Å². The van der Waals surface area contributed by atoms with Crippen molar-refractivity contribution in [1.82, 2.24) is 14.2 Å². The summed E-state index contributed by atoms with van der Waals surface area (Å²) in [5.74, 6) is -1.37. The quantitative estimate of drug-likeness (QED) is 0.608. The number of rotatable bonds is 7. The fourth-order valence-corrected chi connectivity index (χ4v) is 5.45. The Hall–Kier alpha value is -2.92. The van der Waals surface area contributed by atoms with Crippen LogP contribution in [0.5, 0.6) is 0 Å². The molecule has 2 heterocycles. The van der Waals surface area contributed by atoms with Gasteiger partial charge in [-0.1, -0.05) is 0 Å². The van der Waals surface area contributed by atoms with Gasteiger partial charge in [0.1, 0.15) is 16.3 Å². The minimum atomic E-state index is -4.13. The van der Waals surface area contributed by atoms with Crippen molar-refractivity contribution < 1.29 is 27.1 Å². The number of sulfonamides is 1. The van der Waals surface area contributed by atoms with Crippen molar-refractivity contribution in [2.24, 2.45) is 0 Å². The Bertz CT molecular complexity index is 1120. The van der Waals surface area contributed by atoms with Crippen LogP contribution in [0.4, 0.5) is 10.1 Å². The number of likely N-dealkylation sites (N-methyl/N-ethyl adjacent to an activating group) is 1. The van der Waals surface area contributed by atoms with Gasteiger partial charge in [0, 0.05) is 50.3 Å². The van der Waals surface area contributed by atoms with Crippen molar-refractivity contribution in [3.63, 3.8) is 0 Å². The van der Waals surface area contributed by atoms with E-state index in [-0.39, 0.29) is 35.3 Å². The summed E-state index contributed by atoms with van der Waals surface area (Å²) < 4.78 is 45.7. The number of esters is 1. The summed E-state index contributed by atoms with van der Waals surface area (Å²) in [6, 6.07) is 6.16. The number of H-pyrrole nitrogens is 1. The summed E-state index contributed by atoms with van der Waals surface area (Å²) >= 11 is 0. The van der Waals surface area contributed by atoms with Crippen LogP contribution in [-0.2, 0) is 19.6 Å². The number of piperazine rings is 1. The van der Waals surface area contributed by atoms with Crippen LogP contribution >= 0.6 is 0 Å². The maximum Gasteiger partial charge on any atom is 0.341 e. The standard InChI is InChI=1S/C22H29FN4O5S/c1-5-32-22(29)20-15(2)24-16(3)21(20)33(30,31)25(4)14-19(28)27-12-10-26(11-13-27)18-8-6-17(23)7-9-18/h6-9,24H,5,10-14H2,1-4H3. The number of anilines is 1. The molecule has 1 aromatic carbocycles. The molecule has 1 aromatic heterocycles. The number of hydrogen-bond donors (Lipinski definition) is 1. The van der Waals surface area contributed by atoms with E-state index >= 15 is 0 Å². The van der Waals surface area contributed by atoms with Crippen LogP contribution in [0.25, 0.3) is 0 Å². The Morgan fingerprint density at radius 3 is 2.27 bits per heavy atom. The largest absolute Gasteiger partial charge is 0.462 e. The lowest BCUT2D eigenvalue weighted by Gasteiger charge is -2.36. The molecule has 1 aliphatic heterocycles. The van der Waals surface area contributed by atoms with E-state index in [0.717, 1.165) is 9.99 Å². The third-order valence-corrected chi connectivity index (χ3v) is 7.62. The first-order chi connectivity index (χ1) is 15.6. The number of aromatic amines is 1. The molecule has 0 saturated carbocycles. The number of aromatic nitrogens is 1. The molecular weight excluding hydrogens is 451 g/mol. The van der Waals surface area contributed by atoms with Gasteiger partial charge < -0.3 is 19.5 Å². The van der Waals surface area contributed by atoms with Gasteiger partial charge in [0.25, 0.3) is 0 Å². The molecule has 0 aliphatic carbocycles. The highest BCUT2D eigenvalue weighted by molar-refractivity contribution is 7.89. The smallest absolute Gasteiger partial charge is 0.341 e. The monoisotopic (exact) mass is 480 g/mol. The first kappa shape index (κ1) is 24.7. The Morgan fingerprint density at radius 1 is 1.09 bits per heavy atom. The highest BCUT2D eigenvalue weighted by atomic mass is 32.2. The second-order valence-electron chi connectivity index (χ2n) is 7.90. The fraction of sp³-hybridized carbons (Fsp3) is 0.455. The SMILES string of the molecule is CCOC(=O)c1c(C)[nH]c(C)c1S(=O)(=O)N(C)CC(=O)N1CCN(c2ccc(F)cc2)CC1. The highest BCUT2D eigenvalue weighted by Crippen LogP contribution is 2.27. The molecule has 1 amide bonds. The molecule has 1 fully saturated rings.